The molecule has 1 fully saturated rings. The van der Waals surface area contributed by atoms with Gasteiger partial charge in [-0.15, -0.1) is 0 Å². The van der Waals surface area contributed by atoms with Crippen molar-refractivity contribution < 1.29 is 26.0 Å². The molecule has 1 aromatic carbocycles. The molecule has 0 N–H and O–H groups in total. The predicted molar refractivity (Wildman–Crippen MR) is 82.3 cm³/mol. The molecule has 1 aliphatic carbocycles. The van der Waals surface area contributed by atoms with Crippen LogP contribution >= 0.6 is 0 Å². The van der Waals surface area contributed by atoms with E-state index in [1.807, 2.05) is 30.3 Å². The predicted octanol–water partition coefficient (Wildman–Crippen LogP) is 3.06. The van der Waals surface area contributed by atoms with E-state index >= 15 is 0 Å². The molecule has 0 amide bonds. The van der Waals surface area contributed by atoms with Gasteiger partial charge in [0.2, 0.25) is 0 Å². The molecule has 2 atom stereocenters. The van der Waals surface area contributed by atoms with Crippen molar-refractivity contribution in [1.82, 2.24) is 9.78 Å². The van der Waals surface area contributed by atoms with Gasteiger partial charge in [0.05, 0.1) is 11.6 Å². The topological polar surface area (TPSA) is 44.1 Å². The molecule has 2 aliphatic rings. The van der Waals surface area contributed by atoms with E-state index in [4.69, 9.17) is 4.74 Å². The summed E-state index contributed by atoms with van der Waals surface area (Å²) in [7, 11) is 0. The number of carbonyl (C=O) groups is 1. The Kier molecular flexibility index (Phi) is 4.86. The SMILES string of the molecule is O=C(OCc1ccccc1)C1CCC1c1cc2n(n1)CCC2.[Ni+2]. The second kappa shape index (κ2) is 6.88. The van der Waals surface area contributed by atoms with Crippen LogP contribution in [-0.4, -0.2) is 15.7 Å². The monoisotopic (exact) mass is 354 g/mol. The number of aromatic nitrogens is 2. The summed E-state index contributed by atoms with van der Waals surface area (Å²) in [6, 6.07) is 12.0. The number of aryl methyl sites for hydroxylation is 2. The first-order chi connectivity index (χ1) is 10.8. The van der Waals surface area contributed by atoms with Gasteiger partial charge in [-0.3, -0.25) is 9.48 Å². The number of ether oxygens (including phenoxy) is 1. The Morgan fingerprint density at radius 1 is 1.26 bits per heavy atom. The Bertz CT molecular complexity index is 662. The molecule has 1 saturated carbocycles. The fourth-order valence-corrected chi connectivity index (χ4v) is 3.44. The minimum atomic E-state index is -0.0757. The summed E-state index contributed by atoms with van der Waals surface area (Å²) in [5, 5.41) is 4.67. The van der Waals surface area contributed by atoms with E-state index in [0.717, 1.165) is 37.1 Å². The third-order valence-corrected chi connectivity index (χ3v) is 4.87. The molecule has 5 heteroatoms. The second-order valence-corrected chi connectivity index (χ2v) is 6.27. The molecule has 23 heavy (non-hydrogen) atoms. The van der Waals surface area contributed by atoms with Crippen LogP contribution in [0.1, 0.15) is 42.1 Å². The van der Waals surface area contributed by atoms with Crippen LogP contribution < -0.4 is 0 Å². The molecule has 0 radical (unpaired) electrons. The minimum absolute atomic E-state index is 0. The fourth-order valence-electron chi connectivity index (χ4n) is 3.44. The Balaban J connectivity index is 0.00000156. The Hall–Kier alpha value is -1.61. The van der Waals surface area contributed by atoms with Crippen LogP contribution in [0, 0.1) is 5.92 Å². The number of rotatable bonds is 4. The first-order valence-electron chi connectivity index (χ1n) is 8.08. The molecule has 2 aromatic rings. The van der Waals surface area contributed by atoms with Gasteiger partial charge in [0, 0.05) is 18.2 Å². The Morgan fingerprint density at radius 2 is 2.09 bits per heavy atom. The summed E-state index contributed by atoms with van der Waals surface area (Å²) >= 11 is 0. The molecule has 4 nitrogen and oxygen atoms in total. The molecule has 1 aliphatic heterocycles. The van der Waals surface area contributed by atoms with Crippen LogP contribution in [0.15, 0.2) is 36.4 Å². The number of nitrogens with zero attached hydrogens (tertiary/aromatic N) is 2. The van der Waals surface area contributed by atoms with E-state index in [-0.39, 0.29) is 34.3 Å². The maximum atomic E-state index is 12.3. The molecule has 0 bridgehead atoms. The Morgan fingerprint density at radius 3 is 2.78 bits per heavy atom. The molecule has 4 rings (SSSR count). The smallest absolute Gasteiger partial charge is 0.461 e. The molecule has 122 valence electrons. The van der Waals surface area contributed by atoms with Crippen LogP contribution in [-0.2, 0) is 45.6 Å². The molecule has 0 spiro atoms. The molecular weight excluding hydrogens is 335 g/mol. The standard InChI is InChI=1S/C18H20N2O2.Ni/c21-18(22-12-13-5-2-1-3-6-13)16-9-8-15(16)17-11-14-7-4-10-20(14)19-17;/h1-3,5-6,11,15-16H,4,7-10,12H2;/q;+2. The van der Waals surface area contributed by atoms with Gasteiger partial charge < -0.3 is 4.74 Å². The third-order valence-electron chi connectivity index (χ3n) is 4.87. The van der Waals surface area contributed by atoms with E-state index in [9.17, 15) is 4.79 Å². The van der Waals surface area contributed by atoms with Crippen molar-refractivity contribution >= 4 is 5.97 Å². The third kappa shape index (κ3) is 3.21. The van der Waals surface area contributed by atoms with Gasteiger partial charge in [-0.1, -0.05) is 30.3 Å². The Labute approximate surface area is 146 Å². The number of fused-ring (bicyclic) bond motifs is 1. The fraction of sp³-hybridized carbons (Fsp3) is 0.444. The maximum Gasteiger partial charge on any atom is 2.00 e. The zero-order chi connectivity index (χ0) is 14.9. The first kappa shape index (κ1) is 16.3. The van der Waals surface area contributed by atoms with E-state index in [1.165, 1.54) is 12.1 Å². The summed E-state index contributed by atoms with van der Waals surface area (Å²) in [6.07, 6.45) is 4.26. The van der Waals surface area contributed by atoms with Crippen LogP contribution in [0.4, 0.5) is 0 Å². The van der Waals surface area contributed by atoms with Gasteiger partial charge in [0.25, 0.3) is 0 Å². The van der Waals surface area contributed by atoms with Crippen LogP contribution in [0.25, 0.3) is 0 Å². The van der Waals surface area contributed by atoms with Crippen molar-refractivity contribution in [1.29, 1.82) is 0 Å². The quantitative estimate of drug-likeness (QED) is 0.626. The van der Waals surface area contributed by atoms with Crippen molar-refractivity contribution in [2.24, 2.45) is 5.92 Å². The average molecular weight is 355 g/mol. The summed E-state index contributed by atoms with van der Waals surface area (Å²) in [5.41, 5.74) is 3.44. The number of esters is 1. The molecule has 2 heterocycles. The normalized spacial score (nSPS) is 21.9. The van der Waals surface area contributed by atoms with Crippen molar-refractivity contribution in [3.63, 3.8) is 0 Å². The van der Waals surface area contributed by atoms with Crippen molar-refractivity contribution in [3.8, 4) is 0 Å². The molecular formula is C18H20N2NiO2+2. The van der Waals surface area contributed by atoms with Gasteiger partial charge in [-0.05, 0) is 37.3 Å². The molecule has 0 saturated heterocycles. The van der Waals surface area contributed by atoms with E-state index in [1.54, 1.807) is 0 Å². The zero-order valence-electron chi connectivity index (χ0n) is 12.9. The number of carbonyl (C=O) groups excluding carboxylic acids is 1. The van der Waals surface area contributed by atoms with Crippen molar-refractivity contribution in [2.45, 2.75) is 44.8 Å². The summed E-state index contributed by atoms with van der Waals surface area (Å²) in [5.74, 6) is 0.161. The van der Waals surface area contributed by atoms with Crippen molar-refractivity contribution in [2.75, 3.05) is 0 Å². The van der Waals surface area contributed by atoms with Gasteiger partial charge >= 0.3 is 22.5 Å². The second-order valence-electron chi connectivity index (χ2n) is 6.27. The van der Waals surface area contributed by atoms with E-state index in [0.29, 0.717) is 6.61 Å². The average Bonchev–Trinajstić information content (AvgIpc) is 3.06. The van der Waals surface area contributed by atoms with Crippen LogP contribution in [0.2, 0.25) is 0 Å². The molecule has 1 aromatic heterocycles. The van der Waals surface area contributed by atoms with Crippen LogP contribution in [0.5, 0.6) is 0 Å². The minimum Gasteiger partial charge on any atom is -0.461 e. The number of benzene rings is 1. The van der Waals surface area contributed by atoms with Gasteiger partial charge in [-0.2, -0.15) is 5.10 Å². The number of hydrogen-bond acceptors (Lipinski definition) is 3. The van der Waals surface area contributed by atoms with E-state index < -0.39 is 0 Å². The van der Waals surface area contributed by atoms with Crippen LogP contribution in [0.3, 0.4) is 0 Å². The maximum absolute atomic E-state index is 12.3. The zero-order valence-corrected chi connectivity index (χ0v) is 13.9. The number of hydrogen-bond donors (Lipinski definition) is 0. The summed E-state index contributed by atoms with van der Waals surface area (Å²) in [6.45, 7) is 1.38. The largest absolute Gasteiger partial charge is 2.00 e. The summed E-state index contributed by atoms with van der Waals surface area (Å²) in [4.78, 5) is 12.3. The molecule has 2 unspecified atom stereocenters. The van der Waals surface area contributed by atoms with Crippen molar-refractivity contribution in [3.05, 3.63) is 53.3 Å². The van der Waals surface area contributed by atoms with Gasteiger partial charge in [0.1, 0.15) is 6.61 Å². The van der Waals surface area contributed by atoms with E-state index in [2.05, 4.69) is 15.8 Å². The first-order valence-corrected chi connectivity index (χ1v) is 8.08. The summed E-state index contributed by atoms with van der Waals surface area (Å²) < 4.78 is 7.58. The van der Waals surface area contributed by atoms with Gasteiger partial charge in [-0.25, -0.2) is 0 Å². The van der Waals surface area contributed by atoms with Gasteiger partial charge in [0.15, 0.2) is 0 Å².